The molecule has 1 aliphatic rings. The first-order valence-corrected chi connectivity index (χ1v) is 8.64. The average molecular weight is 325 g/mol. The Bertz CT molecular complexity index is 922. The lowest BCUT2D eigenvalue weighted by atomic mass is 10.0. The smallest absolute Gasteiger partial charge is 0.195 e. The molecule has 0 amide bonds. The predicted octanol–water partition coefficient (Wildman–Crippen LogP) is 3.48. The van der Waals surface area contributed by atoms with Crippen molar-refractivity contribution in [1.82, 2.24) is 14.3 Å². The summed E-state index contributed by atoms with van der Waals surface area (Å²) in [6, 6.07) is 6.27. The van der Waals surface area contributed by atoms with Crippen LogP contribution < -0.4 is 0 Å². The first kappa shape index (κ1) is 14.6. The number of thiazole rings is 1. The molecular weight excluding hydrogens is 306 g/mol. The quantitative estimate of drug-likeness (QED) is 0.677. The molecule has 0 aliphatic carbocycles. The van der Waals surface area contributed by atoms with Crippen LogP contribution in [0.4, 0.5) is 0 Å². The zero-order valence-corrected chi connectivity index (χ0v) is 14.4. The number of aldehydes is 1. The molecule has 0 radical (unpaired) electrons. The van der Waals surface area contributed by atoms with E-state index in [2.05, 4.69) is 48.4 Å². The van der Waals surface area contributed by atoms with E-state index in [1.54, 1.807) is 11.3 Å². The van der Waals surface area contributed by atoms with Crippen LogP contribution in [0, 0.1) is 13.8 Å². The van der Waals surface area contributed by atoms with Crippen LogP contribution in [0.3, 0.4) is 0 Å². The molecule has 4 nitrogen and oxygen atoms in total. The summed E-state index contributed by atoms with van der Waals surface area (Å²) in [5.41, 5.74) is 6.24. The van der Waals surface area contributed by atoms with E-state index in [0.29, 0.717) is 5.69 Å². The number of nitrogens with zero attached hydrogens (tertiary/aromatic N) is 3. The van der Waals surface area contributed by atoms with E-state index >= 15 is 0 Å². The van der Waals surface area contributed by atoms with E-state index in [9.17, 15) is 4.79 Å². The molecule has 0 unspecified atom stereocenters. The van der Waals surface area contributed by atoms with Crippen molar-refractivity contribution in [1.29, 1.82) is 0 Å². The molecule has 3 heterocycles. The van der Waals surface area contributed by atoms with Gasteiger partial charge in [0.1, 0.15) is 11.4 Å². The van der Waals surface area contributed by atoms with Crippen LogP contribution in [-0.2, 0) is 13.0 Å². The van der Waals surface area contributed by atoms with Gasteiger partial charge in [0.25, 0.3) is 0 Å². The van der Waals surface area contributed by atoms with Gasteiger partial charge in [-0.3, -0.25) is 9.20 Å². The Morgan fingerprint density at radius 1 is 1.26 bits per heavy atom. The largest absolute Gasteiger partial charge is 0.301 e. The molecule has 5 heteroatoms. The van der Waals surface area contributed by atoms with Crippen LogP contribution in [0.5, 0.6) is 0 Å². The summed E-state index contributed by atoms with van der Waals surface area (Å²) in [4.78, 5) is 21.2. The lowest BCUT2D eigenvalue weighted by Gasteiger charge is -2.21. The number of carbonyl (C=O) groups is 1. The highest BCUT2D eigenvalue weighted by Gasteiger charge is 2.24. The second-order valence-corrected chi connectivity index (χ2v) is 7.40. The van der Waals surface area contributed by atoms with E-state index in [-0.39, 0.29) is 0 Å². The molecule has 3 aromatic rings. The van der Waals surface area contributed by atoms with Crippen LogP contribution in [-0.4, -0.2) is 34.2 Å². The Morgan fingerprint density at radius 2 is 2.09 bits per heavy atom. The summed E-state index contributed by atoms with van der Waals surface area (Å²) < 4.78 is 2.07. The van der Waals surface area contributed by atoms with Gasteiger partial charge in [-0.25, -0.2) is 4.98 Å². The van der Waals surface area contributed by atoms with Crippen LogP contribution in [0.25, 0.3) is 16.2 Å². The topological polar surface area (TPSA) is 37.6 Å². The highest BCUT2D eigenvalue weighted by molar-refractivity contribution is 7.17. The SMILES string of the molecule is Cc1ccc(-c2nc3sc4c(n3c2C=O)CCN(C)C4)cc1C. The molecule has 2 aromatic heterocycles. The number of fused-ring (bicyclic) bond motifs is 3. The Hall–Kier alpha value is -1.98. The number of hydrogen-bond donors (Lipinski definition) is 0. The fourth-order valence-electron chi connectivity index (χ4n) is 3.24. The molecule has 0 atom stereocenters. The van der Waals surface area contributed by atoms with Crippen LogP contribution >= 0.6 is 11.3 Å². The van der Waals surface area contributed by atoms with Crippen molar-refractivity contribution in [2.75, 3.05) is 13.6 Å². The zero-order chi connectivity index (χ0) is 16.1. The highest BCUT2D eigenvalue weighted by atomic mass is 32.1. The molecule has 0 saturated carbocycles. The van der Waals surface area contributed by atoms with Gasteiger partial charge >= 0.3 is 0 Å². The Kier molecular flexibility index (Phi) is 3.36. The number of aromatic nitrogens is 2. The number of benzene rings is 1. The van der Waals surface area contributed by atoms with Crippen molar-refractivity contribution in [2.24, 2.45) is 0 Å². The van der Waals surface area contributed by atoms with Gasteiger partial charge in [-0.1, -0.05) is 23.5 Å². The second-order valence-electron chi connectivity index (χ2n) is 6.34. The van der Waals surface area contributed by atoms with Gasteiger partial charge in [-0.2, -0.15) is 0 Å². The van der Waals surface area contributed by atoms with E-state index in [0.717, 1.165) is 42.0 Å². The Balaban J connectivity index is 1.93. The summed E-state index contributed by atoms with van der Waals surface area (Å²) in [5.74, 6) is 0. The van der Waals surface area contributed by atoms with Crippen molar-refractivity contribution >= 4 is 22.6 Å². The molecule has 118 valence electrons. The fourth-order valence-corrected chi connectivity index (χ4v) is 4.49. The Labute approximate surface area is 139 Å². The maximum atomic E-state index is 11.8. The summed E-state index contributed by atoms with van der Waals surface area (Å²) in [7, 11) is 2.13. The molecular formula is C18H19N3OS. The second kappa shape index (κ2) is 5.28. The van der Waals surface area contributed by atoms with Gasteiger partial charge in [-0.05, 0) is 38.1 Å². The standard InChI is InChI=1S/C18H19N3OS/c1-11-4-5-13(8-12(11)2)17-15(10-22)21-14-6-7-20(3)9-16(14)23-18(21)19-17/h4-5,8,10H,6-7,9H2,1-3H3. The molecule has 23 heavy (non-hydrogen) atoms. The minimum absolute atomic E-state index is 0.685. The molecule has 4 rings (SSSR count). The maximum absolute atomic E-state index is 11.8. The van der Waals surface area contributed by atoms with Crippen molar-refractivity contribution in [2.45, 2.75) is 26.8 Å². The lowest BCUT2D eigenvalue weighted by molar-refractivity contribution is 0.111. The van der Waals surface area contributed by atoms with Gasteiger partial charge < -0.3 is 4.90 Å². The third kappa shape index (κ3) is 2.23. The zero-order valence-electron chi connectivity index (χ0n) is 13.6. The average Bonchev–Trinajstić information content (AvgIpc) is 3.04. The number of carbonyl (C=O) groups excluding carboxylic acids is 1. The molecule has 0 spiro atoms. The molecule has 0 fully saturated rings. The van der Waals surface area contributed by atoms with Gasteiger partial charge in [0, 0.05) is 35.6 Å². The van der Waals surface area contributed by atoms with E-state index in [1.807, 2.05) is 0 Å². The van der Waals surface area contributed by atoms with Gasteiger partial charge in [0.05, 0.1) is 0 Å². The van der Waals surface area contributed by atoms with E-state index < -0.39 is 0 Å². The lowest BCUT2D eigenvalue weighted by Crippen LogP contribution is -2.26. The number of likely N-dealkylation sites (N-methyl/N-ethyl adjacent to an activating group) is 1. The number of hydrogen-bond acceptors (Lipinski definition) is 4. The number of rotatable bonds is 2. The van der Waals surface area contributed by atoms with Gasteiger partial charge in [0.2, 0.25) is 0 Å². The first-order chi connectivity index (χ1) is 11.1. The van der Waals surface area contributed by atoms with E-state index in [1.165, 1.54) is 21.7 Å². The Morgan fingerprint density at radius 3 is 2.83 bits per heavy atom. The van der Waals surface area contributed by atoms with Crippen LogP contribution in [0.15, 0.2) is 18.2 Å². The molecule has 0 bridgehead atoms. The van der Waals surface area contributed by atoms with Crippen molar-refractivity contribution in [3.63, 3.8) is 0 Å². The number of aryl methyl sites for hydroxylation is 2. The molecule has 1 aromatic carbocycles. The monoisotopic (exact) mass is 325 g/mol. The summed E-state index contributed by atoms with van der Waals surface area (Å²) in [6.45, 7) is 6.16. The van der Waals surface area contributed by atoms with Gasteiger partial charge in [-0.15, -0.1) is 0 Å². The summed E-state index contributed by atoms with van der Waals surface area (Å²) in [6.07, 6.45) is 1.92. The normalized spacial score (nSPS) is 15.1. The molecule has 1 aliphatic heterocycles. The maximum Gasteiger partial charge on any atom is 0.195 e. The fraction of sp³-hybridized carbons (Fsp3) is 0.333. The van der Waals surface area contributed by atoms with Crippen molar-refractivity contribution < 1.29 is 4.79 Å². The van der Waals surface area contributed by atoms with E-state index in [4.69, 9.17) is 4.98 Å². The third-order valence-corrected chi connectivity index (χ3v) is 5.79. The molecule has 0 saturated heterocycles. The first-order valence-electron chi connectivity index (χ1n) is 7.83. The van der Waals surface area contributed by atoms with Crippen LogP contribution in [0.1, 0.15) is 32.2 Å². The van der Waals surface area contributed by atoms with Crippen LogP contribution in [0.2, 0.25) is 0 Å². The van der Waals surface area contributed by atoms with Gasteiger partial charge in [0.15, 0.2) is 11.2 Å². The summed E-state index contributed by atoms with van der Waals surface area (Å²) >= 11 is 1.71. The minimum Gasteiger partial charge on any atom is -0.301 e. The predicted molar refractivity (Wildman–Crippen MR) is 93.4 cm³/mol. The minimum atomic E-state index is 0.685. The highest BCUT2D eigenvalue weighted by Crippen LogP contribution is 2.33. The van der Waals surface area contributed by atoms with Crippen molar-refractivity contribution in [3.8, 4) is 11.3 Å². The van der Waals surface area contributed by atoms with Crippen molar-refractivity contribution in [3.05, 3.63) is 45.6 Å². The number of imidazole rings is 1. The molecule has 0 N–H and O–H groups in total. The summed E-state index contributed by atoms with van der Waals surface area (Å²) in [5, 5.41) is 0. The third-order valence-electron chi connectivity index (χ3n) is 4.72.